The maximum Gasteiger partial charge on any atom is 0.229 e. The minimum absolute atomic E-state index is 0.133. The minimum Gasteiger partial charge on any atom is -0.372 e. The van der Waals surface area contributed by atoms with E-state index in [9.17, 15) is 0 Å². The standard InChI is InChI=1S/C18H21ClN6O/c1-11-9-25(10-12(2)26-11)18-22-16(15-8-20-24(3)17(15)23-18)21-14-6-4-5-13(19)7-14/h4-8,11-12H,9-10H2,1-3H3,(H,21,22,23)/t11-,12-/m1/s1. The Labute approximate surface area is 156 Å². The molecule has 0 amide bonds. The monoisotopic (exact) mass is 372 g/mol. The molecule has 4 rings (SSSR count). The summed E-state index contributed by atoms with van der Waals surface area (Å²) in [6.45, 7) is 5.64. The Kier molecular flexibility index (Phi) is 4.42. The van der Waals surface area contributed by atoms with E-state index < -0.39 is 0 Å². The van der Waals surface area contributed by atoms with Gasteiger partial charge >= 0.3 is 0 Å². The number of fused-ring (bicyclic) bond motifs is 1. The molecule has 0 radical (unpaired) electrons. The number of nitrogens with zero attached hydrogens (tertiary/aromatic N) is 5. The molecule has 1 aromatic carbocycles. The number of aromatic nitrogens is 4. The van der Waals surface area contributed by atoms with Crippen LogP contribution in [0.3, 0.4) is 0 Å². The molecule has 2 aromatic heterocycles. The second-order valence-electron chi connectivity index (χ2n) is 6.68. The van der Waals surface area contributed by atoms with Crippen LogP contribution < -0.4 is 10.2 Å². The second kappa shape index (κ2) is 6.74. The Morgan fingerprint density at radius 3 is 2.69 bits per heavy atom. The highest BCUT2D eigenvalue weighted by atomic mass is 35.5. The molecule has 0 aliphatic carbocycles. The molecule has 7 nitrogen and oxygen atoms in total. The summed E-state index contributed by atoms with van der Waals surface area (Å²) in [4.78, 5) is 11.7. The number of aryl methyl sites for hydroxylation is 1. The molecule has 0 saturated carbocycles. The van der Waals surface area contributed by atoms with Gasteiger partial charge < -0.3 is 15.0 Å². The predicted octanol–water partition coefficient (Wildman–Crippen LogP) is 3.37. The molecule has 1 aliphatic heterocycles. The normalized spacial score (nSPS) is 20.5. The largest absolute Gasteiger partial charge is 0.372 e. The van der Waals surface area contributed by atoms with Crippen molar-refractivity contribution in [1.82, 2.24) is 19.7 Å². The Balaban J connectivity index is 1.76. The molecule has 1 saturated heterocycles. The first-order valence-corrected chi connectivity index (χ1v) is 9.00. The fraction of sp³-hybridized carbons (Fsp3) is 0.389. The number of ether oxygens (including phenoxy) is 1. The maximum absolute atomic E-state index is 6.11. The van der Waals surface area contributed by atoms with Crippen molar-refractivity contribution in [3.05, 3.63) is 35.5 Å². The first-order chi connectivity index (χ1) is 12.5. The van der Waals surface area contributed by atoms with Crippen LogP contribution in [0.1, 0.15) is 13.8 Å². The lowest BCUT2D eigenvalue weighted by atomic mass is 10.2. The van der Waals surface area contributed by atoms with Gasteiger partial charge in [-0.15, -0.1) is 0 Å². The zero-order valence-corrected chi connectivity index (χ0v) is 15.7. The molecular formula is C18H21ClN6O. The predicted molar refractivity (Wildman–Crippen MR) is 103 cm³/mol. The number of hydrogen-bond donors (Lipinski definition) is 1. The summed E-state index contributed by atoms with van der Waals surface area (Å²) >= 11 is 6.11. The summed E-state index contributed by atoms with van der Waals surface area (Å²) in [6, 6.07) is 7.56. The van der Waals surface area contributed by atoms with Crippen LogP contribution in [0.2, 0.25) is 5.02 Å². The third kappa shape index (κ3) is 3.32. The van der Waals surface area contributed by atoms with Gasteiger partial charge in [-0.05, 0) is 32.0 Å². The summed E-state index contributed by atoms with van der Waals surface area (Å²) in [5, 5.41) is 9.23. The number of halogens is 1. The third-order valence-electron chi connectivity index (χ3n) is 4.37. The summed E-state index contributed by atoms with van der Waals surface area (Å²) in [7, 11) is 1.88. The molecule has 136 valence electrons. The SMILES string of the molecule is C[C@@H]1CN(c2nc(Nc3cccc(Cl)c3)c3cnn(C)c3n2)C[C@@H](C)O1. The van der Waals surface area contributed by atoms with Crippen molar-refractivity contribution in [3.8, 4) is 0 Å². The quantitative estimate of drug-likeness (QED) is 0.760. The summed E-state index contributed by atoms with van der Waals surface area (Å²) < 4.78 is 7.59. The summed E-state index contributed by atoms with van der Waals surface area (Å²) in [5.41, 5.74) is 1.65. The van der Waals surface area contributed by atoms with E-state index in [1.54, 1.807) is 10.9 Å². The molecule has 2 atom stereocenters. The van der Waals surface area contributed by atoms with Crippen LogP contribution in [-0.4, -0.2) is 45.0 Å². The van der Waals surface area contributed by atoms with Crippen LogP contribution in [-0.2, 0) is 11.8 Å². The number of hydrogen-bond acceptors (Lipinski definition) is 6. The van der Waals surface area contributed by atoms with Gasteiger partial charge in [-0.3, -0.25) is 4.68 Å². The van der Waals surface area contributed by atoms with E-state index in [-0.39, 0.29) is 12.2 Å². The Bertz CT molecular complexity index is 933. The van der Waals surface area contributed by atoms with E-state index >= 15 is 0 Å². The smallest absolute Gasteiger partial charge is 0.229 e. The molecule has 8 heteroatoms. The Morgan fingerprint density at radius 2 is 1.96 bits per heavy atom. The van der Waals surface area contributed by atoms with Gasteiger partial charge in [-0.1, -0.05) is 17.7 Å². The van der Waals surface area contributed by atoms with E-state index in [0.717, 1.165) is 29.8 Å². The number of nitrogens with one attached hydrogen (secondary N) is 1. The first-order valence-electron chi connectivity index (χ1n) is 8.62. The van der Waals surface area contributed by atoms with Crippen molar-refractivity contribution in [1.29, 1.82) is 0 Å². The van der Waals surface area contributed by atoms with Crippen LogP contribution in [0.5, 0.6) is 0 Å². The van der Waals surface area contributed by atoms with Crippen molar-refractivity contribution < 1.29 is 4.74 Å². The molecule has 3 aromatic rings. The van der Waals surface area contributed by atoms with Gasteiger partial charge in [0.15, 0.2) is 5.65 Å². The van der Waals surface area contributed by atoms with E-state index in [2.05, 4.69) is 29.2 Å². The lowest BCUT2D eigenvalue weighted by Gasteiger charge is -2.35. The van der Waals surface area contributed by atoms with Crippen LogP contribution >= 0.6 is 11.6 Å². The van der Waals surface area contributed by atoms with E-state index in [4.69, 9.17) is 26.3 Å². The highest BCUT2D eigenvalue weighted by Crippen LogP contribution is 2.28. The van der Waals surface area contributed by atoms with Crippen LogP contribution in [0.25, 0.3) is 11.0 Å². The molecule has 1 fully saturated rings. The van der Waals surface area contributed by atoms with Crippen LogP contribution in [0.15, 0.2) is 30.5 Å². The maximum atomic E-state index is 6.11. The van der Waals surface area contributed by atoms with Crippen LogP contribution in [0, 0.1) is 0 Å². The molecule has 1 aliphatic rings. The molecule has 26 heavy (non-hydrogen) atoms. The first kappa shape index (κ1) is 17.1. The van der Waals surface area contributed by atoms with Crippen molar-refractivity contribution in [2.75, 3.05) is 23.3 Å². The molecule has 3 heterocycles. The number of rotatable bonds is 3. The van der Waals surface area contributed by atoms with Crippen molar-refractivity contribution in [2.45, 2.75) is 26.1 Å². The van der Waals surface area contributed by atoms with Gasteiger partial charge in [0.05, 0.1) is 23.8 Å². The van der Waals surface area contributed by atoms with Gasteiger partial charge in [0.25, 0.3) is 0 Å². The Morgan fingerprint density at radius 1 is 1.19 bits per heavy atom. The third-order valence-corrected chi connectivity index (χ3v) is 4.61. The van der Waals surface area contributed by atoms with Gasteiger partial charge in [-0.2, -0.15) is 15.1 Å². The molecule has 1 N–H and O–H groups in total. The highest BCUT2D eigenvalue weighted by molar-refractivity contribution is 6.30. The van der Waals surface area contributed by atoms with E-state index in [0.29, 0.717) is 16.8 Å². The fourth-order valence-corrected chi connectivity index (χ4v) is 3.48. The van der Waals surface area contributed by atoms with Gasteiger partial charge in [0.2, 0.25) is 5.95 Å². The van der Waals surface area contributed by atoms with Gasteiger partial charge in [0, 0.05) is 30.8 Å². The highest BCUT2D eigenvalue weighted by Gasteiger charge is 2.25. The number of morpholine rings is 1. The summed E-state index contributed by atoms with van der Waals surface area (Å²) in [5.74, 6) is 1.39. The topological polar surface area (TPSA) is 68.1 Å². The molecule has 0 spiro atoms. The minimum atomic E-state index is 0.133. The second-order valence-corrected chi connectivity index (χ2v) is 7.11. The average Bonchev–Trinajstić information content (AvgIpc) is 2.96. The average molecular weight is 373 g/mol. The zero-order valence-electron chi connectivity index (χ0n) is 15.0. The van der Waals surface area contributed by atoms with Crippen molar-refractivity contribution >= 4 is 40.1 Å². The van der Waals surface area contributed by atoms with E-state index in [1.807, 2.05) is 31.3 Å². The van der Waals surface area contributed by atoms with Crippen LogP contribution in [0.4, 0.5) is 17.5 Å². The van der Waals surface area contributed by atoms with E-state index in [1.165, 1.54) is 0 Å². The van der Waals surface area contributed by atoms with Gasteiger partial charge in [-0.25, -0.2) is 0 Å². The number of anilines is 3. The molecular weight excluding hydrogens is 352 g/mol. The van der Waals surface area contributed by atoms with Crippen molar-refractivity contribution in [3.63, 3.8) is 0 Å². The molecule has 0 unspecified atom stereocenters. The summed E-state index contributed by atoms with van der Waals surface area (Å²) in [6.07, 6.45) is 2.04. The Hall–Kier alpha value is -2.38. The zero-order chi connectivity index (χ0) is 18.3. The lowest BCUT2D eigenvalue weighted by Crippen LogP contribution is -2.46. The molecule has 0 bridgehead atoms. The van der Waals surface area contributed by atoms with Crippen molar-refractivity contribution in [2.24, 2.45) is 7.05 Å². The number of benzene rings is 1. The van der Waals surface area contributed by atoms with Gasteiger partial charge in [0.1, 0.15) is 5.82 Å². The lowest BCUT2D eigenvalue weighted by molar-refractivity contribution is -0.00569. The fourth-order valence-electron chi connectivity index (χ4n) is 3.29.